The van der Waals surface area contributed by atoms with Crippen LogP contribution in [0.25, 0.3) is 32.3 Å². The van der Waals surface area contributed by atoms with Gasteiger partial charge in [0.05, 0.1) is 0 Å². The van der Waals surface area contributed by atoms with E-state index in [2.05, 4.69) is 36.4 Å². The van der Waals surface area contributed by atoms with Crippen LogP contribution in [0.15, 0.2) is 54.6 Å². The lowest BCUT2D eigenvalue weighted by atomic mass is 9.94. The first-order valence-electron chi connectivity index (χ1n) is 7.17. The molecule has 4 rings (SSSR count). The molecule has 0 N–H and O–H groups in total. The number of rotatable bonds is 2. The number of hydrogen-bond acceptors (Lipinski definition) is 2. The second-order valence-corrected chi connectivity index (χ2v) is 6.11. The van der Waals surface area contributed by atoms with Gasteiger partial charge in [-0.3, -0.25) is 4.79 Å². The highest BCUT2D eigenvalue weighted by molar-refractivity contribution is 6.30. The van der Waals surface area contributed by atoms with Crippen molar-refractivity contribution >= 4 is 49.9 Å². The molecule has 2 nitrogen and oxygen atoms in total. The predicted octanol–water partition coefficient (Wildman–Crippen LogP) is 5.12. The summed E-state index contributed by atoms with van der Waals surface area (Å²) in [6.45, 7) is 1.61. The number of ether oxygens (including phenoxy) is 1. The first-order valence-corrected chi connectivity index (χ1v) is 7.61. The van der Waals surface area contributed by atoms with Crippen LogP contribution in [0.1, 0.15) is 6.92 Å². The fraction of sp³-hybridized carbons (Fsp3) is 0.105. The minimum Gasteiger partial charge on any atom is -0.425 e. The summed E-state index contributed by atoms with van der Waals surface area (Å²) in [5, 5.41) is 6.11. The second-order valence-electron chi connectivity index (χ2n) is 5.46. The third-order valence-corrected chi connectivity index (χ3v) is 4.20. The molecule has 0 heterocycles. The molecule has 4 aromatic rings. The van der Waals surface area contributed by atoms with Gasteiger partial charge < -0.3 is 4.74 Å². The molecule has 0 aliphatic heterocycles. The van der Waals surface area contributed by atoms with Crippen LogP contribution in [-0.2, 0) is 4.79 Å². The summed E-state index contributed by atoms with van der Waals surface area (Å²) in [7, 11) is 0. The molecule has 0 aliphatic carbocycles. The molecule has 0 saturated heterocycles. The molecule has 0 aliphatic rings. The van der Waals surface area contributed by atoms with Gasteiger partial charge in [0.2, 0.25) is 0 Å². The maximum Gasteiger partial charge on any atom is 0.329 e. The Balaban J connectivity index is 2.06. The van der Waals surface area contributed by atoms with Crippen LogP contribution in [0.2, 0.25) is 0 Å². The van der Waals surface area contributed by atoms with Gasteiger partial charge in [-0.2, -0.15) is 0 Å². The molecule has 0 fully saturated rings. The fourth-order valence-electron chi connectivity index (χ4n) is 2.99. The Morgan fingerprint density at radius 1 is 0.909 bits per heavy atom. The van der Waals surface area contributed by atoms with Crippen molar-refractivity contribution < 1.29 is 9.53 Å². The number of alkyl halides is 1. The molecule has 3 heteroatoms. The number of esters is 1. The van der Waals surface area contributed by atoms with E-state index in [1.807, 2.05) is 18.2 Å². The maximum atomic E-state index is 11.8. The first kappa shape index (κ1) is 13.4. The monoisotopic (exact) mass is 308 g/mol. The molecule has 4 aromatic carbocycles. The van der Waals surface area contributed by atoms with Crippen molar-refractivity contribution in [3.8, 4) is 5.75 Å². The van der Waals surface area contributed by atoms with Gasteiger partial charge in [-0.05, 0) is 40.6 Å². The zero-order valence-corrected chi connectivity index (χ0v) is 12.7. The highest BCUT2D eigenvalue weighted by Crippen LogP contribution is 2.38. The van der Waals surface area contributed by atoms with Crippen molar-refractivity contribution in [1.29, 1.82) is 0 Å². The second kappa shape index (κ2) is 4.85. The zero-order chi connectivity index (χ0) is 15.3. The zero-order valence-electron chi connectivity index (χ0n) is 12.0. The first-order chi connectivity index (χ1) is 10.6. The summed E-state index contributed by atoms with van der Waals surface area (Å²) in [5.41, 5.74) is 0. The van der Waals surface area contributed by atoms with E-state index in [9.17, 15) is 4.79 Å². The van der Waals surface area contributed by atoms with Crippen molar-refractivity contribution in [1.82, 2.24) is 0 Å². The molecule has 0 spiro atoms. The summed E-state index contributed by atoms with van der Waals surface area (Å²) >= 11 is 5.81. The normalized spacial score (nSPS) is 13.0. The van der Waals surface area contributed by atoms with Gasteiger partial charge in [0.1, 0.15) is 11.1 Å². The van der Waals surface area contributed by atoms with Crippen LogP contribution >= 0.6 is 11.6 Å². The highest BCUT2D eigenvalue weighted by atomic mass is 35.5. The topological polar surface area (TPSA) is 26.3 Å². The van der Waals surface area contributed by atoms with Crippen LogP contribution in [-0.4, -0.2) is 11.3 Å². The van der Waals surface area contributed by atoms with Gasteiger partial charge in [-0.15, -0.1) is 11.6 Å². The van der Waals surface area contributed by atoms with Crippen LogP contribution in [0.3, 0.4) is 0 Å². The quantitative estimate of drug-likeness (QED) is 0.222. The van der Waals surface area contributed by atoms with E-state index in [1.165, 1.54) is 16.2 Å². The molecular formula is C19H13ClO2. The van der Waals surface area contributed by atoms with Crippen molar-refractivity contribution in [2.24, 2.45) is 0 Å². The average Bonchev–Trinajstić information content (AvgIpc) is 2.53. The molecule has 1 unspecified atom stereocenters. The number of carbonyl (C=O) groups is 1. The average molecular weight is 309 g/mol. The Bertz CT molecular complexity index is 988. The number of hydrogen-bond donors (Lipinski definition) is 0. The molecular weight excluding hydrogens is 296 g/mol. The van der Waals surface area contributed by atoms with E-state index in [0.717, 1.165) is 16.2 Å². The minimum atomic E-state index is -0.668. The standard InChI is InChI=1S/C19H13ClO2/c1-11(20)19(21)22-16-10-8-14-6-5-12-3-2-4-13-7-9-15(16)18(14)17(12)13/h2-11H,1H3. The van der Waals surface area contributed by atoms with E-state index in [1.54, 1.807) is 6.92 Å². The maximum absolute atomic E-state index is 11.8. The molecule has 0 aromatic heterocycles. The molecule has 1 atom stereocenters. The number of carbonyl (C=O) groups excluding carboxylic acids is 1. The van der Waals surface area contributed by atoms with E-state index in [-0.39, 0.29) is 0 Å². The van der Waals surface area contributed by atoms with E-state index >= 15 is 0 Å². The third-order valence-electron chi connectivity index (χ3n) is 4.02. The molecule has 0 bridgehead atoms. The SMILES string of the molecule is CC(Cl)C(=O)Oc1ccc2ccc3cccc4ccc1c2c34. The van der Waals surface area contributed by atoms with E-state index in [4.69, 9.17) is 16.3 Å². The lowest BCUT2D eigenvalue weighted by molar-refractivity contribution is -0.133. The number of halogens is 1. The summed E-state index contributed by atoms with van der Waals surface area (Å²) < 4.78 is 5.46. The molecule has 0 radical (unpaired) electrons. The van der Waals surface area contributed by atoms with Gasteiger partial charge in [0, 0.05) is 10.8 Å². The van der Waals surface area contributed by atoms with E-state index < -0.39 is 11.3 Å². The molecule has 108 valence electrons. The summed E-state index contributed by atoms with van der Waals surface area (Å²) in [6, 6.07) is 18.3. The van der Waals surface area contributed by atoms with Crippen LogP contribution in [0.4, 0.5) is 0 Å². The van der Waals surface area contributed by atoms with Crippen LogP contribution < -0.4 is 4.74 Å². The third kappa shape index (κ3) is 1.92. The van der Waals surface area contributed by atoms with Crippen LogP contribution in [0, 0.1) is 0 Å². The lowest BCUT2D eigenvalue weighted by Crippen LogP contribution is -2.17. The fourth-order valence-corrected chi connectivity index (χ4v) is 3.03. The minimum absolute atomic E-state index is 0.434. The molecule has 22 heavy (non-hydrogen) atoms. The van der Waals surface area contributed by atoms with E-state index in [0.29, 0.717) is 5.75 Å². The van der Waals surface area contributed by atoms with Gasteiger partial charge in [0.15, 0.2) is 0 Å². The van der Waals surface area contributed by atoms with Crippen molar-refractivity contribution in [3.05, 3.63) is 54.6 Å². The summed E-state index contributed by atoms with van der Waals surface area (Å²) in [5.74, 6) is 0.125. The Hall–Kier alpha value is -2.32. The van der Waals surface area contributed by atoms with Crippen molar-refractivity contribution in [2.75, 3.05) is 0 Å². The highest BCUT2D eigenvalue weighted by Gasteiger charge is 2.16. The Kier molecular flexibility index (Phi) is 2.95. The largest absolute Gasteiger partial charge is 0.425 e. The Morgan fingerprint density at radius 2 is 1.50 bits per heavy atom. The van der Waals surface area contributed by atoms with Gasteiger partial charge in [0.25, 0.3) is 0 Å². The van der Waals surface area contributed by atoms with Gasteiger partial charge >= 0.3 is 5.97 Å². The smallest absolute Gasteiger partial charge is 0.329 e. The molecule has 0 amide bonds. The molecule has 0 saturated carbocycles. The Morgan fingerprint density at radius 3 is 2.18 bits per heavy atom. The van der Waals surface area contributed by atoms with Gasteiger partial charge in [-0.1, -0.05) is 42.5 Å². The lowest BCUT2D eigenvalue weighted by Gasteiger charge is -2.14. The Labute approximate surface area is 132 Å². The van der Waals surface area contributed by atoms with Crippen molar-refractivity contribution in [3.63, 3.8) is 0 Å². The van der Waals surface area contributed by atoms with Gasteiger partial charge in [-0.25, -0.2) is 0 Å². The summed E-state index contributed by atoms with van der Waals surface area (Å²) in [4.78, 5) is 11.8. The predicted molar refractivity (Wildman–Crippen MR) is 91.1 cm³/mol. The summed E-state index contributed by atoms with van der Waals surface area (Å²) in [6.07, 6.45) is 0. The number of benzene rings is 4. The van der Waals surface area contributed by atoms with Crippen LogP contribution in [0.5, 0.6) is 5.75 Å². The van der Waals surface area contributed by atoms with Crippen molar-refractivity contribution in [2.45, 2.75) is 12.3 Å².